The van der Waals surface area contributed by atoms with Crippen molar-refractivity contribution in [3.63, 3.8) is 0 Å². The zero-order valence-electron chi connectivity index (χ0n) is 15.8. The molecule has 1 heterocycles. The van der Waals surface area contributed by atoms with Crippen molar-refractivity contribution in [1.29, 1.82) is 0 Å². The van der Waals surface area contributed by atoms with Crippen LogP contribution in [0.2, 0.25) is 0 Å². The summed E-state index contributed by atoms with van der Waals surface area (Å²) in [7, 11) is -1.88. The zero-order valence-corrected chi connectivity index (χ0v) is 16.7. The van der Waals surface area contributed by atoms with Gasteiger partial charge in [0.15, 0.2) is 11.4 Å². The monoisotopic (exact) mass is 388 g/mol. The van der Waals surface area contributed by atoms with Gasteiger partial charge in [-0.05, 0) is 13.8 Å². The summed E-state index contributed by atoms with van der Waals surface area (Å²) in [4.78, 5) is 13.8. The summed E-state index contributed by atoms with van der Waals surface area (Å²) in [6.07, 6.45) is 1.99. The van der Waals surface area contributed by atoms with E-state index >= 15 is 0 Å². The zero-order chi connectivity index (χ0) is 19.7. The van der Waals surface area contributed by atoms with Crippen molar-refractivity contribution < 1.29 is 23.1 Å². The third-order valence-electron chi connectivity index (χ3n) is 3.68. The molecule has 144 valence electrons. The number of benzene rings is 2. The minimum absolute atomic E-state index is 0.126. The van der Waals surface area contributed by atoms with Crippen LogP contribution in [0.15, 0.2) is 67.0 Å². The van der Waals surface area contributed by atoms with E-state index in [0.29, 0.717) is 0 Å². The highest BCUT2D eigenvalue weighted by Gasteiger charge is 2.18. The van der Waals surface area contributed by atoms with Gasteiger partial charge in [0.1, 0.15) is 0 Å². The summed E-state index contributed by atoms with van der Waals surface area (Å²) in [6.45, 7) is 3.43. The fraction of sp³-hybridized carbons (Fsp3) is 0.250. The Morgan fingerprint density at radius 3 is 1.89 bits per heavy atom. The highest BCUT2D eigenvalue weighted by Crippen LogP contribution is 2.37. The van der Waals surface area contributed by atoms with Gasteiger partial charge in [0.25, 0.3) is 7.82 Å². The fourth-order valence-electron chi connectivity index (χ4n) is 2.59. The Kier molecular flexibility index (Phi) is 7.95. The van der Waals surface area contributed by atoms with E-state index in [2.05, 4.69) is 74.2 Å². The Morgan fingerprint density at radius 1 is 0.926 bits per heavy atom. The molecule has 1 N–H and O–H groups in total. The summed E-state index contributed by atoms with van der Waals surface area (Å²) in [5.41, 5.74) is 4.79. The third kappa shape index (κ3) is 6.15. The molecule has 0 atom stereocenters. The molecule has 0 aliphatic carbocycles. The second kappa shape index (κ2) is 10.2. The number of hydrogen-bond acceptors (Lipinski definition) is 4. The highest BCUT2D eigenvalue weighted by molar-refractivity contribution is 7.45. The Hall–Kier alpha value is -2.24. The molecule has 7 heteroatoms. The van der Waals surface area contributed by atoms with E-state index < -0.39 is 7.82 Å². The van der Waals surface area contributed by atoms with Gasteiger partial charge >= 0.3 is 0 Å². The van der Waals surface area contributed by atoms with E-state index in [1.807, 2.05) is 18.5 Å². The molecule has 2 aromatic carbocycles. The SMILES string of the molecule is CCOP(=O)([O-])OCC.C[n+]1c[nH]c(-c2ccccc2)c1-c1ccccc1. The van der Waals surface area contributed by atoms with Crippen LogP contribution in [0.4, 0.5) is 0 Å². The number of rotatable bonds is 6. The van der Waals surface area contributed by atoms with Gasteiger partial charge in [-0.2, -0.15) is 0 Å². The molecule has 0 saturated carbocycles. The van der Waals surface area contributed by atoms with Crippen LogP contribution in [0.1, 0.15) is 13.8 Å². The molecule has 0 amide bonds. The lowest BCUT2D eigenvalue weighted by Crippen LogP contribution is -2.27. The number of nitrogens with zero attached hydrogens (tertiary/aromatic N) is 1. The lowest BCUT2D eigenvalue weighted by atomic mass is 10.1. The normalized spacial score (nSPS) is 11.0. The van der Waals surface area contributed by atoms with Crippen molar-refractivity contribution >= 4 is 7.82 Å². The molecule has 0 aliphatic heterocycles. The summed E-state index contributed by atoms with van der Waals surface area (Å²) in [5.74, 6) is 0. The van der Waals surface area contributed by atoms with E-state index in [9.17, 15) is 9.46 Å². The first-order valence-electron chi connectivity index (χ1n) is 8.76. The fourth-order valence-corrected chi connectivity index (χ4v) is 3.30. The number of nitrogens with one attached hydrogen (secondary N) is 1. The van der Waals surface area contributed by atoms with Gasteiger partial charge in [0, 0.05) is 11.1 Å². The molecule has 6 nitrogen and oxygen atoms in total. The van der Waals surface area contributed by atoms with Gasteiger partial charge in [0.05, 0.1) is 20.3 Å². The van der Waals surface area contributed by atoms with E-state index in [1.165, 1.54) is 16.8 Å². The van der Waals surface area contributed by atoms with Gasteiger partial charge < -0.3 is 13.9 Å². The molecule has 27 heavy (non-hydrogen) atoms. The van der Waals surface area contributed by atoms with Crippen LogP contribution in [0.25, 0.3) is 22.5 Å². The molecule has 3 aromatic rings. The van der Waals surface area contributed by atoms with Crippen molar-refractivity contribution in [2.75, 3.05) is 13.2 Å². The minimum Gasteiger partial charge on any atom is -0.756 e. The summed E-state index contributed by atoms with van der Waals surface area (Å²) >= 11 is 0. The van der Waals surface area contributed by atoms with Gasteiger partial charge in [-0.25, -0.2) is 9.55 Å². The predicted molar refractivity (Wildman–Crippen MR) is 104 cm³/mol. The molecular formula is C20H25N2O4P. The maximum atomic E-state index is 10.4. The number of hydrogen-bond donors (Lipinski definition) is 1. The molecule has 0 unspecified atom stereocenters. The topological polar surface area (TPSA) is 78.3 Å². The van der Waals surface area contributed by atoms with Crippen molar-refractivity contribution in [3.05, 3.63) is 67.0 Å². The average Bonchev–Trinajstić information content (AvgIpc) is 3.05. The number of aromatic nitrogens is 2. The van der Waals surface area contributed by atoms with E-state index in [0.717, 1.165) is 5.69 Å². The largest absolute Gasteiger partial charge is 0.756 e. The molecule has 0 bridgehead atoms. The second-order valence-corrected chi connectivity index (χ2v) is 7.03. The number of phosphoric ester groups is 1. The molecule has 3 rings (SSSR count). The maximum Gasteiger partial charge on any atom is 0.267 e. The Morgan fingerprint density at radius 2 is 1.41 bits per heavy atom. The molecule has 0 fully saturated rings. The average molecular weight is 388 g/mol. The summed E-state index contributed by atoms with van der Waals surface area (Å²) < 4.78 is 21.0. The molecular weight excluding hydrogens is 363 g/mol. The van der Waals surface area contributed by atoms with Crippen LogP contribution in [-0.4, -0.2) is 18.2 Å². The van der Waals surface area contributed by atoms with Crippen molar-refractivity contribution in [2.24, 2.45) is 7.05 Å². The number of H-pyrrole nitrogens is 1. The first kappa shape index (κ1) is 21.1. The molecule has 0 radical (unpaired) electrons. The van der Waals surface area contributed by atoms with Crippen molar-refractivity contribution in [2.45, 2.75) is 13.8 Å². The van der Waals surface area contributed by atoms with Crippen LogP contribution in [0, 0.1) is 0 Å². The first-order chi connectivity index (χ1) is 13.0. The van der Waals surface area contributed by atoms with Crippen LogP contribution in [0.5, 0.6) is 0 Å². The molecule has 1 aromatic heterocycles. The van der Waals surface area contributed by atoms with Gasteiger partial charge in [-0.15, -0.1) is 0 Å². The molecule has 0 saturated heterocycles. The van der Waals surface area contributed by atoms with E-state index in [-0.39, 0.29) is 13.2 Å². The van der Waals surface area contributed by atoms with Crippen molar-refractivity contribution in [1.82, 2.24) is 4.98 Å². The predicted octanol–water partition coefficient (Wildman–Crippen LogP) is 3.70. The smallest absolute Gasteiger partial charge is 0.267 e. The Bertz CT molecular complexity index is 856. The number of aryl methyl sites for hydroxylation is 1. The standard InChI is InChI=1S/C16H14N2.C4H11O4P/c1-18-12-17-15(13-8-4-2-5-9-13)16(18)14-10-6-3-7-11-14;1-3-7-9(5,6)8-4-2/h2-12H,1H3;3-4H2,1-2H3,(H,5,6). The molecule has 0 spiro atoms. The number of aromatic amines is 1. The van der Waals surface area contributed by atoms with Crippen LogP contribution in [0.3, 0.4) is 0 Å². The number of imidazole rings is 1. The Balaban J connectivity index is 0.000000249. The van der Waals surface area contributed by atoms with Crippen LogP contribution >= 0.6 is 7.82 Å². The van der Waals surface area contributed by atoms with E-state index in [4.69, 9.17) is 0 Å². The quantitative estimate of drug-likeness (QED) is 0.516. The minimum atomic E-state index is -3.94. The maximum absolute atomic E-state index is 10.4. The third-order valence-corrected chi connectivity index (χ3v) is 4.83. The van der Waals surface area contributed by atoms with Gasteiger partial charge in [-0.3, -0.25) is 4.57 Å². The molecule has 0 aliphatic rings. The van der Waals surface area contributed by atoms with Crippen LogP contribution in [-0.2, 0) is 20.7 Å². The van der Waals surface area contributed by atoms with Crippen molar-refractivity contribution in [3.8, 4) is 22.5 Å². The first-order valence-corrected chi connectivity index (χ1v) is 10.2. The van der Waals surface area contributed by atoms with E-state index in [1.54, 1.807) is 13.8 Å². The lowest BCUT2D eigenvalue weighted by Gasteiger charge is -2.20. The van der Waals surface area contributed by atoms with Gasteiger partial charge in [-0.1, -0.05) is 60.7 Å². The van der Waals surface area contributed by atoms with Crippen LogP contribution < -0.4 is 9.46 Å². The summed E-state index contributed by atoms with van der Waals surface area (Å²) in [5, 5.41) is 0. The Labute approximate surface area is 160 Å². The lowest BCUT2D eigenvalue weighted by molar-refractivity contribution is -0.659. The highest BCUT2D eigenvalue weighted by atomic mass is 31.2. The van der Waals surface area contributed by atoms with Gasteiger partial charge in [0.2, 0.25) is 6.33 Å². The second-order valence-electron chi connectivity index (χ2n) is 5.62. The number of phosphoric acid groups is 1. The summed E-state index contributed by atoms with van der Waals surface area (Å²) in [6, 6.07) is 20.8.